The number of carboxylic acid groups (broad SMARTS) is 1. The molecule has 4 rings (SSSR count). The number of β-lactam (4-membered cyclic amide) rings is 1. The van der Waals surface area contributed by atoms with Gasteiger partial charge in [0, 0.05) is 4.75 Å². The molecular formula is C21H30N5NaO10S2. The minimum absolute atomic E-state index is 0. The second-order valence-electron chi connectivity index (χ2n) is 9.15. The number of rotatable bonds is 6. The Morgan fingerprint density at radius 1 is 1.13 bits per heavy atom. The van der Waals surface area contributed by atoms with Crippen LogP contribution in [0.25, 0.3) is 0 Å². The molecule has 0 bridgehead atoms. The molecule has 4 atom stereocenters. The van der Waals surface area contributed by atoms with Gasteiger partial charge in [-0.25, -0.2) is 32.0 Å². The van der Waals surface area contributed by atoms with E-state index in [9.17, 15) is 37.5 Å². The number of nitrogens with zero attached hydrogens (tertiary/aromatic N) is 3. The molecule has 212 valence electrons. The second-order valence-corrected chi connectivity index (χ2v) is 12.8. The van der Waals surface area contributed by atoms with Crippen LogP contribution in [0.5, 0.6) is 0 Å². The van der Waals surface area contributed by atoms with E-state index in [-0.39, 0.29) is 55.0 Å². The van der Waals surface area contributed by atoms with E-state index in [1.165, 1.54) is 16.7 Å². The van der Waals surface area contributed by atoms with Crippen LogP contribution in [0, 0.1) is 0 Å². The van der Waals surface area contributed by atoms with Crippen LogP contribution in [-0.4, -0.2) is 110 Å². The van der Waals surface area contributed by atoms with Crippen LogP contribution < -0.4 is 40.2 Å². The summed E-state index contributed by atoms with van der Waals surface area (Å²) in [6, 6.07) is 2.76. The van der Waals surface area contributed by atoms with Gasteiger partial charge in [0.25, 0.3) is 0 Å². The number of carbonyl (C=O) groups is 5. The Bertz CT molecular complexity index is 1260. The maximum absolute atomic E-state index is 13.3. The maximum Gasteiger partial charge on any atom is 1.00 e. The van der Waals surface area contributed by atoms with E-state index in [0.717, 1.165) is 6.26 Å². The van der Waals surface area contributed by atoms with Gasteiger partial charge in [0.2, 0.25) is 21.8 Å². The van der Waals surface area contributed by atoms with Crippen LogP contribution in [0.2, 0.25) is 0 Å². The minimum Gasteiger partial charge on any atom is -1.00 e. The van der Waals surface area contributed by atoms with Crippen LogP contribution in [0.1, 0.15) is 26.9 Å². The summed E-state index contributed by atoms with van der Waals surface area (Å²) < 4.78 is 23.3. The van der Waals surface area contributed by atoms with Crippen LogP contribution in [-0.2, 0) is 24.4 Å². The molecule has 39 heavy (non-hydrogen) atoms. The van der Waals surface area contributed by atoms with Gasteiger partial charge >= 0.3 is 47.6 Å². The van der Waals surface area contributed by atoms with Crippen molar-refractivity contribution < 1.29 is 79.4 Å². The van der Waals surface area contributed by atoms with Crippen molar-refractivity contribution in [3.63, 3.8) is 0 Å². The maximum atomic E-state index is 13.3. The molecule has 7 N–H and O–H groups in total. The first kappa shape index (κ1) is 34.6. The number of hydrogen-bond donors (Lipinski definition) is 3. The summed E-state index contributed by atoms with van der Waals surface area (Å²) in [5.74, 6) is -2.42. The Hall–Kier alpha value is -2.41. The van der Waals surface area contributed by atoms with E-state index in [4.69, 9.17) is 0 Å². The second kappa shape index (κ2) is 12.4. The molecule has 0 aliphatic carbocycles. The van der Waals surface area contributed by atoms with Crippen LogP contribution in [0.3, 0.4) is 0 Å². The van der Waals surface area contributed by atoms with E-state index < -0.39 is 68.1 Å². The topological polar surface area (TPSA) is 236 Å². The number of benzene rings is 1. The summed E-state index contributed by atoms with van der Waals surface area (Å²) in [5, 5.41) is 14.0. The molecule has 3 fully saturated rings. The van der Waals surface area contributed by atoms with Crippen molar-refractivity contribution in [2.75, 3.05) is 19.3 Å². The van der Waals surface area contributed by atoms with E-state index >= 15 is 0 Å². The van der Waals surface area contributed by atoms with E-state index in [0.29, 0.717) is 14.8 Å². The molecular weight excluding hydrogens is 569 g/mol. The van der Waals surface area contributed by atoms with Crippen molar-refractivity contribution >= 4 is 51.6 Å². The number of amides is 6. The molecule has 18 heteroatoms. The van der Waals surface area contributed by atoms with E-state index in [1.54, 1.807) is 44.2 Å². The largest absolute Gasteiger partial charge is 1.00 e. The molecule has 3 heterocycles. The number of carbonyl (C=O) groups excluding carboxylic acids is 4. The summed E-state index contributed by atoms with van der Waals surface area (Å²) in [7, 11) is -3.87. The number of imide groups is 1. The molecule has 3 aliphatic rings. The number of carboxylic acids is 1. The summed E-state index contributed by atoms with van der Waals surface area (Å²) in [5.41, 5.74) is 0.362. The van der Waals surface area contributed by atoms with Crippen molar-refractivity contribution in [1.82, 2.24) is 24.7 Å². The summed E-state index contributed by atoms with van der Waals surface area (Å²) >= 11 is 1.26. The zero-order chi connectivity index (χ0) is 26.6. The van der Waals surface area contributed by atoms with Crippen molar-refractivity contribution in [2.24, 2.45) is 0 Å². The predicted octanol–water partition coefficient (Wildman–Crippen LogP) is -4.77. The van der Waals surface area contributed by atoms with Crippen LogP contribution in [0.15, 0.2) is 30.3 Å². The molecule has 15 nitrogen and oxygen atoms in total. The molecule has 1 unspecified atom stereocenters. The molecule has 0 saturated carbocycles. The third-order valence-electron chi connectivity index (χ3n) is 6.25. The monoisotopic (exact) mass is 599 g/mol. The average Bonchev–Trinajstić information content (AvgIpc) is 3.31. The summed E-state index contributed by atoms with van der Waals surface area (Å²) in [6.45, 7) is 3.02. The van der Waals surface area contributed by atoms with Crippen molar-refractivity contribution in [2.45, 2.75) is 42.1 Å². The fraction of sp³-hybridized carbons (Fsp3) is 0.476. The van der Waals surface area contributed by atoms with Crippen LogP contribution >= 0.6 is 11.8 Å². The third-order valence-corrected chi connectivity index (χ3v) is 8.96. The number of hydrogen-bond acceptors (Lipinski definition) is 8. The first-order chi connectivity index (χ1) is 16.7. The van der Waals surface area contributed by atoms with Gasteiger partial charge in [-0.2, -0.15) is 0 Å². The van der Waals surface area contributed by atoms with Gasteiger partial charge in [-0.3, -0.25) is 9.59 Å². The molecule has 1 aromatic rings. The van der Waals surface area contributed by atoms with Gasteiger partial charge in [0.05, 0.1) is 19.3 Å². The van der Waals surface area contributed by atoms with E-state index in [1.807, 2.05) is 0 Å². The Morgan fingerprint density at radius 2 is 1.72 bits per heavy atom. The molecule has 0 radical (unpaired) electrons. The standard InChI is InChI=1S/C21H25N5O8S2.Na.2H2O.H/c1-21(2)14(18(29)30)26-16(28)13(17(26)35-21)22-15(27)12(11-7-5-4-6-8-11)23-19(31)24-9-10-25(20(24)32)36(3,33)34;;;;/h4-8,12-14,17H,9-10H2,1-3H3,(H,22,27)(H,23,31)(H,29,30);;2*1H2;/q;+1;;;-1/t12?,13-,14+,17-;;;;/m1..../s1. The van der Waals surface area contributed by atoms with Gasteiger partial charge in [-0.15, -0.1) is 11.8 Å². The van der Waals surface area contributed by atoms with Gasteiger partial charge < -0.3 is 33.0 Å². The average molecular weight is 600 g/mol. The number of nitrogens with one attached hydrogen (secondary N) is 2. The number of urea groups is 2. The van der Waals surface area contributed by atoms with Gasteiger partial charge in [0.1, 0.15) is 23.5 Å². The number of fused-ring (bicyclic) bond motifs is 1. The Balaban J connectivity index is 0.00000380. The molecule has 3 aliphatic heterocycles. The first-order valence-electron chi connectivity index (χ1n) is 10.9. The molecule has 0 aromatic heterocycles. The number of thioether (sulfide) groups is 1. The number of aliphatic carboxylic acids is 1. The SMILES string of the molecule is CC1(C)S[C@@H]2[C@H](NC(=O)C(NC(=O)N3CCN(S(C)(=O)=O)C3=O)c3ccccc3)C(=O)N2[C@H]1C(=O)O.O.O.[H-].[Na+]. The molecule has 3 saturated heterocycles. The van der Waals surface area contributed by atoms with Crippen molar-refractivity contribution in [1.29, 1.82) is 0 Å². The van der Waals surface area contributed by atoms with Crippen LogP contribution in [0.4, 0.5) is 9.59 Å². The zero-order valence-corrected chi connectivity index (χ0v) is 25.2. The summed E-state index contributed by atoms with van der Waals surface area (Å²) in [4.78, 5) is 65.0. The first-order valence-corrected chi connectivity index (χ1v) is 13.6. The quantitative estimate of drug-likeness (QED) is 0.210. The number of sulfonamides is 1. The normalized spacial score (nSPS) is 23.8. The van der Waals surface area contributed by atoms with Gasteiger partial charge in [0.15, 0.2) is 0 Å². The fourth-order valence-corrected chi connectivity index (χ4v) is 6.96. The predicted molar refractivity (Wildman–Crippen MR) is 135 cm³/mol. The third kappa shape index (κ3) is 6.34. The molecule has 0 spiro atoms. The Kier molecular flexibility index (Phi) is 11.0. The minimum atomic E-state index is -3.87. The Labute approximate surface area is 252 Å². The fourth-order valence-electron chi connectivity index (χ4n) is 4.54. The van der Waals surface area contributed by atoms with Crippen molar-refractivity contribution in [3.05, 3.63) is 35.9 Å². The zero-order valence-electron chi connectivity index (χ0n) is 22.6. The van der Waals surface area contributed by atoms with Gasteiger partial charge in [-0.05, 0) is 19.4 Å². The summed E-state index contributed by atoms with van der Waals surface area (Å²) in [6.07, 6.45) is 0.850. The molecule has 6 amide bonds. The Morgan fingerprint density at radius 3 is 2.23 bits per heavy atom. The van der Waals surface area contributed by atoms with Crippen molar-refractivity contribution in [3.8, 4) is 0 Å². The molecule has 1 aromatic carbocycles. The van der Waals surface area contributed by atoms with E-state index in [2.05, 4.69) is 10.6 Å². The van der Waals surface area contributed by atoms with Gasteiger partial charge in [-0.1, -0.05) is 30.3 Å². The smallest absolute Gasteiger partial charge is 1.00 e.